The number of halogens is 2. The molecule has 0 aliphatic carbocycles. The quantitative estimate of drug-likeness (QED) is 0.596. The molecule has 0 fully saturated rings. The Morgan fingerprint density at radius 3 is 2.08 bits per heavy atom. The standard InChI is InChI=1S/C6H12N2O3.2ClH/c7-3-4(9)1-2-5(8)6(10)11;;/h5H,1-3,7-8H2,(H,10,11);2*1H/t5-;;/m0../s1. The van der Waals surface area contributed by atoms with Gasteiger partial charge < -0.3 is 16.6 Å². The van der Waals surface area contributed by atoms with Gasteiger partial charge in [0.2, 0.25) is 0 Å². The Kier molecular flexibility index (Phi) is 13.8. The second-order valence-electron chi connectivity index (χ2n) is 2.23. The molecule has 0 aliphatic rings. The fraction of sp³-hybridized carbons (Fsp3) is 0.667. The lowest BCUT2D eigenvalue weighted by Gasteiger charge is -2.03. The highest BCUT2D eigenvalue weighted by molar-refractivity contribution is 5.85. The summed E-state index contributed by atoms with van der Waals surface area (Å²) in [6, 6.07) is -0.953. The number of hydrogen-bond acceptors (Lipinski definition) is 4. The summed E-state index contributed by atoms with van der Waals surface area (Å²) < 4.78 is 0. The molecule has 5 nitrogen and oxygen atoms in total. The molecule has 0 saturated carbocycles. The number of hydrogen-bond donors (Lipinski definition) is 3. The Morgan fingerprint density at radius 2 is 1.77 bits per heavy atom. The molecule has 0 amide bonds. The van der Waals surface area contributed by atoms with E-state index >= 15 is 0 Å². The first kappa shape index (κ1) is 18.4. The molecular formula is C6H14Cl2N2O3. The van der Waals surface area contributed by atoms with Crippen LogP contribution in [0, 0.1) is 0 Å². The molecule has 0 spiro atoms. The largest absolute Gasteiger partial charge is 0.480 e. The van der Waals surface area contributed by atoms with E-state index in [1.165, 1.54) is 0 Å². The van der Waals surface area contributed by atoms with Crippen molar-refractivity contribution in [3.8, 4) is 0 Å². The van der Waals surface area contributed by atoms with Crippen LogP contribution in [-0.4, -0.2) is 29.4 Å². The van der Waals surface area contributed by atoms with Gasteiger partial charge in [-0.3, -0.25) is 9.59 Å². The molecule has 0 unspecified atom stereocenters. The highest BCUT2D eigenvalue weighted by Gasteiger charge is 2.12. The van der Waals surface area contributed by atoms with E-state index in [0.29, 0.717) is 0 Å². The molecule has 0 aromatic rings. The van der Waals surface area contributed by atoms with E-state index in [4.69, 9.17) is 16.6 Å². The Hall–Kier alpha value is -0.360. The van der Waals surface area contributed by atoms with Crippen molar-refractivity contribution in [3.63, 3.8) is 0 Å². The van der Waals surface area contributed by atoms with E-state index in [1.807, 2.05) is 0 Å². The van der Waals surface area contributed by atoms with E-state index in [2.05, 4.69) is 0 Å². The molecule has 0 aromatic heterocycles. The van der Waals surface area contributed by atoms with Crippen molar-refractivity contribution in [2.45, 2.75) is 18.9 Å². The first-order valence-corrected chi connectivity index (χ1v) is 3.28. The number of ketones is 1. The van der Waals surface area contributed by atoms with Gasteiger partial charge >= 0.3 is 5.97 Å². The molecule has 5 N–H and O–H groups in total. The van der Waals surface area contributed by atoms with Gasteiger partial charge in [0, 0.05) is 6.42 Å². The van der Waals surface area contributed by atoms with Crippen LogP contribution in [-0.2, 0) is 9.59 Å². The number of carbonyl (C=O) groups excluding carboxylic acids is 1. The summed E-state index contributed by atoms with van der Waals surface area (Å²) >= 11 is 0. The first-order valence-electron chi connectivity index (χ1n) is 3.28. The number of rotatable bonds is 5. The van der Waals surface area contributed by atoms with Gasteiger partial charge in [0.15, 0.2) is 0 Å². The van der Waals surface area contributed by atoms with Crippen LogP contribution < -0.4 is 11.5 Å². The maximum absolute atomic E-state index is 10.6. The molecule has 0 rings (SSSR count). The average Bonchev–Trinajstić information content (AvgIpc) is 1.99. The number of carboxylic acid groups (broad SMARTS) is 1. The van der Waals surface area contributed by atoms with Crippen molar-refractivity contribution in [2.75, 3.05) is 6.54 Å². The van der Waals surface area contributed by atoms with Crippen LogP contribution in [0.3, 0.4) is 0 Å². The minimum Gasteiger partial charge on any atom is -0.480 e. The van der Waals surface area contributed by atoms with E-state index < -0.39 is 12.0 Å². The normalized spacial score (nSPS) is 10.6. The monoisotopic (exact) mass is 232 g/mol. The van der Waals surface area contributed by atoms with Crippen molar-refractivity contribution in [1.29, 1.82) is 0 Å². The third kappa shape index (κ3) is 9.55. The lowest BCUT2D eigenvalue weighted by molar-refractivity contribution is -0.138. The fourth-order valence-corrected chi connectivity index (χ4v) is 0.542. The van der Waals surface area contributed by atoms with Crippen LogP contribution in [0.4, 0.5) is 0 Å². The van der Waals surface area contributed by atoms with Crippen molar-refractivity contribution in [3.05, 3.63) is 0 Å². The predicted octanol–water partition coefficient (Wildman–Crippen LogP) is -0.450. The number of aliphatic carboxylic acids is 1. The van der Waals surface area contributed by atoms with Crippen molar-refractivity contribution < 1.29 is 14.7 Å². The summed E-state index contributed by atoms with van der Waals surface area (Å²) in [5.41, 5.74) is 10.1. The number of nitrogens with two attached hydrogens (primary N) is 2. The minimum absolute atomic E-state index is 0. The van der Waals surface area contributed by atoms with Gasteiger partial charge in [-0.15, -0.1) is 24.8 Å². The van der Waals surface area contributed by atoms with Gasteiger partial charge in [-0.2, -0.15) is 0 Å². The summed E-state index contributed by atoms with van der Waals surface area (Å²) in [7, 11) is 0. The maximum atomic E-state index is 10.6. The third-order valence-corrected chi connectivity index (χ3v) is 1.28. The smallest absolute Gasteiger partial charge is 0.320 e. The maximum Gasteiger partial charge on any atom is 0.320 e. The van der Waals surface area contributed by atoms with E-state index in [0.717, 1.165) is 0 Å². The number of carbonyl (C=O) groups is 2. The van der Waals surface area contributed by atoms with Crippen LogP contribution in [0.2, 0.25) is 0 Å². The molecule has 0 aromatic carbocycles. The van der Waals surface area contributed by atoms with Gasteiger partial charge in [0.25, 0.3) is 0 Å². The Balaban J connectivity index is -0.000000500. The highest BCUT2D eigenvalue weighted by Crippen LogP contribution is 1.94. The minimum atomic E-state index is -1.09. The predicted molar refractivity (Wildman–Crippen MR) is 53.4 cm³/mol. The zero-order valence-corrected chi connectivity index (χ0v) is 8.57. The van der Waals surface area contributed by atoms with E-state index in [1.54, 1.807) is 0 Å². The summed E-state index contributed by atoms with van der Waals surface area (Å²) in [5, 5.41) is 8.30. The van der Waals surface area contributed by atoms with Crippen LogP contribution >= 0.6 is 24.8 Å². The molecule has 0 saturated heterocycles. The molecule has 7 heteroatoms. The average molecular weight is 233 g/mol. The second kappa shape index (κ2) is 9.73. The van der Waals surface area contributed by atoms with Crippen LogP contribution in [0.1, 0.15) is 12.8 Å². The van der Waals surface area contributed by atoms with Crippen LogP contribution in [0.15, 0.2) is 0 Å². The Morgan fingerprint density at radius 1 is 1.31 bits per heavy atom. The van der Waals surface area contributed by atoms with Crippen LogP contribution in [0.25, 0.3) is 0 Å². The number of carboxylic acids is 1. The summed E-state index contributed by atoms with van der Waals surface area (Å²) in [4.78, 5) is 20.7. The molecule has 0 aliphatic heterocycles. The molecule has 0 heterocycles. The summed E-state index contributed by atoms with van der Waals surface area (Å²) in [6.07, 6.45) is 0.301. The van der Waals surface area contributed by atoms with Gasteiger partial charge in [-0.05, 0) is 6.42 Å². The van der Waals surface area contributed by atoms with E-state index in [9.17, 15) is 9.59 Å². The summed E-state index contributed by atoms with van der Waals surface area (Å²) in [6.45, 7) is -0.0493. The molecule has 0 bridgehead atoms. The lowest BCUT2D eigenvalue weighted by atomic mass is 10.1. The zero-order chi connectivity index (χ0) is 8.85. The van der Waals surface area contributed by atoms with Crippen molar-refractivity contribution in [2.24, 2.45) is 11.5 Å². The fourth-order valence-electron chi connectivity index (χ4n) is 0.542. The lowest BCUT2D eigenvalue weighted by Crippen LogP contribution is -2.31. The summed E-state index contributed by atoms with van der Waals surface area (Å²) in [5.74, 6) is -1.25. The molecule has 80 valence electrons. The Labute approximate surface area is 88.7 Å². The topological polar surface area (TPSA) is 106 Å². The first-order chi connectivity index (χ1) is 5.07. The number of Topliss-reactive ketones (excluding diaryl/α,β-unsaturated/α-hetero) is 1. The van der Waals surface area contributed by atoms with Gasteiger partial charge in [0.05, 0.1) is 6.54 Å². The third-order valence-electron chi connectivity index (χ3n) is 1.28. The Bertz CT molecular complexity index is 166. The van der Waals surface area contributed by atoms with Gasteiger partial charge in [0.1, 0.15) is 11.8 Å². The van der Waals surface area contributed by atoms with Gasteiger partial charge in [-0.1, -0.05) is 0 Å². The molecule has 13 heavy (non-hydrogen) atoms. The molecular weight excluding hydrogens is 219 g/mol. The zero-order valence-electron chi connectivity index (χ0n) is 6.93. The van der Waals surface area contributed by atoms with Crippen LogP contribution in [0.5, 0.6) is 0 Å². The SMILES string of the molecule is Cl.Cl.NCC(=O)CC[C@H](N)C(=O)O. The molecule has 1 atom stereocenters. The molecule has 0 radical (unpaired) electrons. The second-order valence-corrected chi connectivity index (χ2v) is 2.23. The highest BCUT2D eigenvalue weighted by atomic mass is 35.5. The van der Waals surface area contributed by atoms with Gasteiger partial charge in [-0.25, -0.2) is 0 Å². The van der Waals surface area contributed by atoms with E-state index in [-0.39, 0.29) is 50.0 Å². The van der Waals surface area contributed by atoms with Crippen molar-refractivity contribution >= 4 is 36.6 Å². The van der Waals surface area contributed by atoms with Crippen molar-refractivity contribution in [1.82, 2.24) is 0 Å².